The molecular weight excluding hydrogens is 384 g/mol. The van der Waals surface area contributed by atoms with E-state index < -0.39 is 0 Å². The van der Waals surface area contributed by atoms with Crippen LogP contribution in [-0.2, 0) is 9.59 Å². The quantitative estimate of drug-likeness (QED) is 0.422. The lowest BCUT2D eigenvalue weighted by atomic mass is 9.80. The molecule has 2 amide bonds. The van der Waals surface area contributed by atoms with Gasteiger partial charge in [0.1, 0.15) is 0 Å². The number of carbonyl (C=O) groups is 2. The smallest absolute Gasteiger partial charge is 0.223 e. The number of hydrogen-bond donors (Lipinski definition) is 4. The largest absolute Gasteiger partial charge is 0.354 e. The van der Waals surface area contributed by atoms with Gasteiger partial charge in [0.2, 0.25) is 23.7 Å². The van der Waals surface area contributed by atoms with Gasteiger partial charge in [-0.2, -0.15) is 0 Å². The summed E-state index contributed by atoms with van der Waals surface area (Å²) >= 11 is 0. The Hall–Kier alpha value is -3.30. The molecule has 1 fully saturated rings. The van der Waals surface area contributed by atoms with Gasteiger partial charge in [-0.15, -0.1) is 0 Å². The highest BCUT2D eigenvalue weighted by Gasteiger charge is 2.30. The van der Waals surface area contributed by atoms with E-state index in [0.29, 0.717) is 44.5 Å². The number of carbonyl (C=O) groups excluding carboxylic acids is 2. The molecule has 30 heavy (non-hydrogen) atoms. The van der Waals surface area contributed by atoms with Gasteiger partial charge in [-0.1, -0.05) is 6.42 Å². The van der Waals surface area contributed by atoms with Crippen molar-refractivity contribution < 1.29 is 9.59 Å². The van der Waals surface area contributed by atoms with Crippen molar-refractivity contribution in [2.24, 2.45) is 11.8 Å². The fourth-order valence-corrected chi connectivity index (χ4v) is 3.46. The van der Waals surface area contributed by atoms with Crippen molar-refractivity contribution in [2.45, 2.75) is 25.7 Å². The van der Waals surface area contributed by atoms with Crippen LogP contribution in [0.15, 0.2) is 36.9 Å². The lowest BCUT2D eigenvalue weighted by molar-refractivity contribution is -0.130. The third kappa shape index (κ3) is 6.94. The molecule has 2 unspecified atom stereocenters. The Morgan fingerprint density at radius 1 is 0.733 bits per heavy atom. The van der Waals surface area contributed by atoms with Crippen molar-refractivity contribution >= 4 is 23.7 Å². The minimum Gasteiger partial charge on any atom is -0.354 e. The number of rotatable bonds is 10. The van der Waals surface area contributed by atoms with Crippen LogP contribution < -0.4 is 21.3 Å². The van der Waals surface area contributed by atoms with Gasteiger partial charge in [-0.05, 0) is 31.4 Å². The summed E-state index contributed by atoms with van der Waals surface area (Å²) in [5.41, 5.74) is 0. The second kappa shape index (κ2) is 11.6. The molecular formula is C20H28N8O2. The van der Waals surface area contributed by atoms with Crippen LogP contribution in [0.1, 0.15) is 25.7 Å². The zero-order valence-electron chi connectivity index (χ0n) is 16.9. The summed E-state index contributed by atoms with van der Waals surface area (Å²) in [6, 6.07) is 3.49. The van der Waals surface area contributed by atoms with E-state index in [2.05, 4.69) is 41.2 Å². The van der Waals surface area contributed by atoms with E-state index in [1.807, 2.05) is 0 Å². The molecule has 10 nitrogen and oxygen atoms in total. The van der Waals surface area contributed by atoms with E-state index in [9.17, 15) is 9.59 Å². The van der Waals surface area contributed by atoms with Gasteiger partial charge in [-0.25, -0.2) is 19.9 Å². The summed E-state index contributed by atoms with van der Waals surface area (Å²) < 4.78 is 0. The maximum atomic E-state index is 12.5. The Balaban J connectivity index is 1.32. The summed E-state index contributed by atoms with van der Waals surface area (Å²) in [5.74, 6) is 0.831. The van der Waals surface area contributed by atoms with Gasteiger partial charge in [0, 0.05) is 62.8 Å². The van der Waals surface area contributed by atoms with Crippen molar-refractivity contribution in [1.29, 1.82) is 0 Å². The Morgan fingerprint density at radius 2 is 1.17 bits per heavy atom. The van der Waals surface area contributed by atoms with E-state index in [4.69, 9.17) is 0 Å². The zero-order chi connectivity index (χ0) is 21.0. The number of aromatic nitrogens is 4. The van der Waals surface area contributed by atoms with E-state index in [1.165, 1.54) is 0 Å². The topological polar surface area (TPSA) is 134 Å². The molecule has 1 saturated carbocycles. The molecule has 2 atom stereocenters. The van der Waals surface area contributed by atoms with E-state index in [1.54, 1.807) is 36.9 Å². The molecule has 2 aromatic rings. The predicted octanol–water partition coefficient (Wildman–Crippen LogP) is 0.829. The van der Waals surface area contributed by atoms with Crippen molar-refractivity contribution in [3.8, 4) is 0 Å². The van der Waals surface area contributed by atoms with Crippen LogP contribution in [0.25, 0.3) is 0 Å². The first-order chi connectivity index (χ1) is 14.7. The molecule has 3 rings (SSSR count). The van der Waals surface area contributed by atoms with Gasteiger partial charge in [-0.3, -0.25) is 9.59 Å². The zero-order valence-corrected chi connectivity index (χ0v) is 16.9. The monoisotopic (exact) mass is 412 g/mol. The highest BCUT2D eigenvalue weighted by atomic mass is 16.2. The first kappa shape index (κ1) is 21.4. The highest BCUT2D eigenvalue weighted by molar-refractivity contribution is 5.82. The molecule has 2 aromatic heterocycles. The van der Waals surface area contributed by atoms with Crippen molar-refractivity contribution in [3.05, 3.63) is 36.9 Å². The van der Waals surface area contributed by atoms with Gasteiger partial charge >= 0.3 is 0 Å². The number of nitrogens with one attached hydrogen (secondary N) is 4. The molecule has 1 aliphatic carbocycles. The van der Waals surface area contributed by atoms with E-state index in [-0.39, 0.29) is 23.7 Å². The van der Waals surface area contributed by atoms with E-state index >= 15 is 0 Å². The van der Waals surface area contributed by atoms with Crippen LogP contribution in [0.2, 0.25) is 0 Å². The molecule has 160 valence electrons. The van der Waals surface area contributed by atoms with Crippen LogP contribution >= 0.6 is 0 Å². The van der Waals surface area contributed by atoms with Crippen LogP contribution in [0.3, 0.4) is 0 Å². The summed E-state index contributed by atoms with van der Waals surface area (Å²) in [4.78, 5) is 41.2. The fourth-order valence-electron chi connectivity index (χ4n) is 3.46. The Bertz CT molecular complexity index is 724. The Labute approximate surface area is 175 Å². The van der Waals surface area contributed by atoms with Gasteiger partial charge in [0.05, 0.1) is 0 Å². The molecule has 2 heterocycles. The number of anilines is 2. The summed E-state index contributed by atoms with van der Waals surface area (Å²) in [6.45, 7) is 2.06. The molecule has 0 radical (unpaired) electrons. The number of hydrogen-bond acceptors (Lipinski definition) is 8. The summed E-state index contributed by atoms with van der Waals surface area (Å²) in [5, 5.41) is 12.0. The molecule has 1 aliphatic rings. The maximum absolute atomic E-state index is 12.5. The normalized spacial score (nSPS) is 18.3. The number of amides is 2. The Kier molecular flexibility index (Phi) is 8.31. The lowest BCUT2D eigenvalue weighted by Crippen LogP contribution is -2.40. The molecule has 10 heteroatoms. The van der Waals surface area contributed by atoms with Crippen LogP contribution in [0.5, 0.6) is 0 Å². The SMILES string of the molecule is O=C(NCCNc1ncccn1)C1CCCC(C(=O)NCCNc2ncccn2)C1. The molecule has 0 aliphatic heterocycles. The molecule has 0 aromatic carbocycles. The second-order valence-corrected chi connectivity index (χ2v) is 7.14. The first-order valence-corrected chi connectivity index (χ1v) is 10.3. The first-order valence-electron chi connectivity index (χ1n) is 10.3. The van der Waals surface area contributed by atoms with Gasteiger partial charge in [0.25, 0.3) is 0 Å². The summed E-state index contributed by atoms with van der Waals surface area (Å²) in [7, 11) is 0. The predicted molar refractivity (Wildman–Crippen MR) is 113 cm³/mol. The minimum atomic E-state index is -0.127. The third-order valence-corrected chi connectivity index (χ3v) is 4.96. The van der Waals surface area contributed by atoms with Crippen molar-refractivity contribution in [1.82, 2.24) is 30.6 Å². The van der Waals surface area contributed by atoms with Crippen molar-refractivity contribution in [2.75, 3.05) is 36.8 Å². The molecule has 0 bridgehead atoms. The average molecular weight is 412 g/mol. The second-order valence-electron chi connectivity index (χ2n) is 7.14. The Morgan fingerprint density at radius 3 is 1.60 bits per heavy atom. The third-order valence-electron chi connectivity index (χ3n) is 4.96. The molecule has 4 N–H and O–H groups in total. The van der Waals surface area contributed by atoms with E-state index in [0.717, 1.165) is 19.3 Å². The summed E-state index contributed by atoms with van der Waals surface area (Å²) in [6.07, 6.45) is 9.73. The standard InChI is InChI=1S/C20H28N8O2/c29-17(21-10-12-27-19-23-6-2-7-24-19)15-4-1-5-16(14-15)18(30)22-11-13-28-20-25-8-3-9-26-20/h2-3,6-9,15-16H,1,4-5,10-14H2,(H,21,29)(H,22,30)(H,23,24,27)(H,25,26,28). The van der Waals surface area contributed by atoms with Crippen LogP contribution in [0.4, 0.5) is 11.9 Å². The average Bonchev–Trinajstić information content (AvgIpc) is 2.81. The fraction of sp³-hybridized carbons (Fsp3) is 0.500. The minimum absolute atomic E-state index is 0.00572. The van der Waals surface area contributed by atoms with Crippen LogP contribution in [-0.4, -0.2) is 57.9 Å². The van der Waals surface area contributed by atoms with Crippen molar-refractivity contribution in [3.63, 3.8) is 0 Å². The highest BCUT2D eigenvalue weighted by Crippen LogP contribution is 2.29. The van der Waals surface area contributed by atoms with Gasteiger partial charge in [0.15, 0.2) is 0 Å². The molecule has 0 spiro atoms. The lowest BCUT2D eigenvalue weighted by Gasteiger charge is -2.27. The maximum Gasteiger partial charge on any atom is 0.223 e. The number of nitrogens with zero attached hydrogens (tertiary/aromatic N) is 4. The van der Waals surface area contributed by atoms with Gasteiger partial charge < -0.3 is 21.3 Å². The molecule has 0 saturated heterocycles. The van der Waals surface area contributed by atoms with Crippen LogP contribution in [0, 0.1) is 11.8 Å².